The Kier molecular flexibility index (Phi) is 10.5. The maximum absolute atomic E-state index is 12.0. The molecule has 0 saturated heterocycles. The average Bonchev–Trinajstić information content (AvgIpc) is 1.53. The molecular formula is C88H42N8O4. The molecule has 0 spiro atoms. The van der Waals surface area contributed by atoms with Crippen LogP contribution >= 0.6 is 0 Å². The first kappa shape index (κ1) is 53.8. The number of hydrogen-bond donors (Lipinski definition) is 0. The van der Waals surface area contributed by atoms with E-state index in [-0.39, 0.29) is 0 Å². The summed E-state index contributed by atoms with van der Waals surface area (Å²) in [6, 6.07) is 95.6. The lowest BCUT2D eigenvalue weighted by Crippen LogP contribution is -2.05. The topological polar surface area (TPSA) is 167 Å². The summed E-state index contributed by atoms with van der Waals surface area (Å²) in [6.45, 7) is 0. The smallest absolute Gasteiger partial charge is 0.160 e. The largest absolute Gasteiger partial charge is 0.454 e. The molecule has 12 nitrogen and oxygen atoms in total. The highest BCUT2D eigenvalue weighted by atomic mass is 16.3. The Morgan fingerprint density at radius 1 is 0.240 bits per heavy atom. The molecule has 100 heavy (non-hydrogen) atoms. The van der Waals surface area contributed by atoms with Crippen molar-refractivity contribution in [2.75, 3.05) is 0 Å². The zero-order valence-corrected chi connectivity index (χ0v) is 52.5. The Morgan fingerprint density at radius 2 is 0.590 bits per heavy atom. The predicted molar refractivity (Wildman–Crippen MR) is 397 cm³/mol. The van der Waals surface area contributed by atoms with E-state index in [1.165, 1.54) is 0 Å². The molecule has 22 rings (SSSR count). The molecule has 0 aliphatic carbocycles. The minimum Gasteiger partial charge on any atom is -0.454 e. The molecule has 0 amide bonds. The Bertz CT molecular complexity index is 7730. The van der Waals surface area contributed by atoms with Crippen LogP contribution in [0.25, 0.3) is 209 Å². The van der Waals surface area contributed by atoms with E-state index in [9.17, 15) is 21.0 Å². The van der Waals surface area contributed by atoms with Gasteiger partial charge in [0.15, 0.2) is 22.3 Å². The number of para-hydroxylation sites is 8. The van der Waals surface area contributed by atoms with E-state index in [4.69, 9.17) is 17.7 Å². The number of rotatable bonds is 5. The van der Waals surface area contributed by atoms with Crippen LogP contribution in [0.15, 0.2) is 272 Å². The third kappa shape index (κ3) is 6.86. The monoisotopic (exact) mass is 1270 g/mol. The van der Waals surface area contributed by atoms with Gasteiger partial charge in [-0.15, -0.1) is 0 Å². The van der Waals surface area contributed by atoms with Crippen molar-refractivity contribution in [1.29, 1.82) is 21.0 Å². The van der Waals surface area contributed by atoms with Crippen molar-refractivity contribution in [2.24, 2.45) is 0 Å². The molecule has 14 aromatic carbocycles. The Hall–Kier alpha value is -14.6. The van der Waals surface area contributed by atoms with E-state index in [1.807, 2.05) is 152 Å². The molecular weight excluding hydrogens is 1230 g/mol. The Morgan fingerprint density at radius 3 is 1.08 bits per heavy atom. The van der Waals surface area contributed by atoms with Crippen LogP contribution in [0.3, 0.4) is 0 Å². The van der Waals surface area contributed by atoms with Crippen molar-refractivity contribution in [3.05, 3.63) is 277 Å². The minimum absolute atomic E-state index is 0.327. The van der Waals surface area contributed by atoms with Gasteiger partial charge < -0.3 is 35.9 Å². The van der Waals surface area contributed by atoms with Crippen LogP contribution in [0.1, 0.15) is 22.3 Å². The van der Waals surface area contributed by atoms with Crippen molar-refractivity contribution < 1.29 is 17.7 Å². The van der Waals surface area contributed by atoms with E-state index < -0.39 is 0 Å². The van der Waals surface area contributed by atoms with Gasteiger partial charge in [-0.2, -0.15) is 21.0 Å². The summed E-state index contributed by atoms with van der Waals surface area (Å²) in [5.41, 5.74) is 16.7. The fraction of sp³-hybridized carbons (Fsp3) is 0. The van der Waals surface area contributed by atoms with Gasteiger partial charge in [0.2, 0.25) is 0 Å². The number of hydrogen-bond acceptors (Lipinski definition) is 8. The molecule has 458 valence electrons. The Labute approximate surface area is 564 Å². The summed E-state index contributed by atoms with van der Waals surface area (Å²) < 4.78 is 36.5. The van der Waals surface area contributed by atoms with Gasteiger partial charge in [0.1, 0.15) is 46.1 Å². The van der Waals surface area contributed by atoms with Crippen LogP contribution in [-0.4, -0.2) is 18.3 Å². The van der Waals surface area contributed by atoms with Gasteiger partial charge in [0.25, 0.3) is 0 Å². The first-order valence-corrected chi connectivity index (χ1v) is 32.9. The number of nitrogens with zero attached hydrogens (tertiary/aromatic N) is 8. The van der Waals surface area contributed by atoms with Crippen LogP contribution in [0.4, 0.5) is 0 Å². The van der Waals surface area contributed by atoms with E-state index in [1.54, 1.807) is 0 Å². The number of nitriles is 4. The van der Waals surface area contributed by atoms with Crippen LogP contribution in [0.2, 0.25) is 0 Å². The molecule has 8 heterocycles. The normalized spacial score (nSPS) is 12.2. The standard InChI is InChI=1S/C88H42N8O4/c89-43-47-37-73(95-68-26-10-2-18-51(68)57-34-36-59-54-21-6-14-30-76(54)98-86(59)82(57)95)66(46-92)74(38-47)96-69-27-11-3-19-52(69)64-41-63(80-61-24-8-16-32-78(61)100-88(80)83(64)96)62-42-65-55-22-7-15-31-77(55)99-87(65)84-79(62)60-23-4-12-28-70(60)94(84)72-40-48(44-90)71(39-49(72)45-91)93-67-25-9-1-17-50(67)56-33-35-58-53-20-5-13-29-75(53)97-85(58)81(56)93/h1-42H. The number of fused-ring (bicyclic) bond motifs is 28. The first-order valence-electron chi connectivity index (χ1n) is 32.9. The van der Waals surface area contributed by atoms with Gasteiger partial charge in [-0.05, 0) is 108 Å². The van der Waals surface area contributed by atoms with Crippen LogP contribution in [0.5, 0.6) is 0 Å². The summed E-state index contributed by atoms with van der Waals surface area (Å²) in [4.78, 5) is 0. The van der Waals surface area contributed by atoms with Crippen molar-refractivity contribution in [2.45, 2.75) is 0 Å². The van der Waals surface area contributed by atoms with E-state index in [0.717, 1.165) is 142 Å². The lowest BCUT2D eigenvalue weighted by molar-refractivity contribution is 0.670. The molecule has 0 radical (unpaired) electrons. The summed E-state index contributed by atoms with van der Waals surface area (Å²) in [5, 5.41) is 61.3. The molecule has 0 N–H and O–H groups in total. The fourth-order valence-electron chi connectivity index (χ4n) is 16.8. The minimum atomic E-state index is 0.327. The lowest BCUT2D eigenvalue weighted by Gasteiger charge is -2.17. The van der Waals surface area contributed by atoms with Gasteiger partial charge in [-0.25, -0.2) is 0 Å². The van der Waals surface area contributed by atoms with E-state index >= 15 is 0 Å². The third-order valence-corrected chi connectivity index (χ3v) is 20.9. The highest BCUT2D eigenvalue weighted by Crippen LogP contribution is 2.53. The van der Waals surface area contributed by atoms with Gasteiger partial charge in [0, 0.05) is 86.2 Å². The number of benzene rings is 14. The molecule has 0 bridgehead atoms. The molecule has 0 aliphatic heterocycles. The van der Waals surface area contributed by atoms with Gasteiger partial charge >= 0.3 is 0 Å². The predicted octanol–water partition coefficient (Wildman–Crippen LogP) is 22.8. The second kappa shape index (κ2) is 19.5. The SMILES string of the molecule is N#Cc1cc(-n2c3ccccc3c3ccc4c5ccccc5oc4c32)c(C#N)c(-n2c3ccccc3c3cc(-c4cc5c6ccccc6oc5c5c4c4ccccc4n5-c4cc(C#N)c(-n5c6ccccc6c6ccc7c8ccccc8oc7c65)cc4C#N)c4c5ccccc5oc4c32)c1. The van der Waals surface area contributed by atoms with Gasteiger partial charge in [-0.1, -0.05) is 158 Å². The van der Waals surface area contributed by atoms with Crippen molar-refractivity contribution in [3.63, 3.8) is 0 Å². The lowest BCUT2D eigenvalue weighted by atomic mass is 9.92. The van der Waals surface area contributed by atoms with Gasteiger partial charge in [-0.3, -0.25) is 0 Å². The molecule has 0 saturated carbocycles. The van der Waals surface area contributed by atoms with Crippen molar-refractivity contribution in [1.82, 2.24) is 18.3 Å². The van der Waals surface area contributed by atoms with E-state index in [0.29, 0.717) is 89.5 Å². The van der Waals surface area contributed by atoms with Crippen molar-refractivity contribution >= 4 is 175 Å². The third-order valence-electron chi connectivity index (χ3n) is 20.9. The van der Waals surface area contributed by atoms with Gasteiger partial charge in [0.05, 0.1) is 89.6 Å². The summed E-state index contributed by atoms with van der Waals surface area (Å²) >= 11 is 0. The highest BCUT2D eigenvalue weighted by molar-refractivity contribution is 6.33. The molecule has 0 aliphatic rings. The first-order chi connectivity index (χ1) is 49.5. The van der Waals surface area contributed by atoms with E-state index in [2.05, 4.69) is 146 Å². The second-order valence-corrected chi connectivity index (χ2v) is 25.8. The molecule has 0 atom stereocenters. The fourth-order valence-corrected chi connectivity index (χ4v) is 16.8. The average molecular weight is 1280 g/mol. The Balaban J connectivity index is 0.844. The van der Waals surface area contributed by atoms with Crippen molar-refractivity contribution in [3.8, 4) is 58.2 Å². The number of furan rings is 4. The zero-order chi connectivity index (χ0) is 65.9. The highest BCUT2D eigenvalue weighted by Gasteiger charge is 2.32. The molecule has 0 unspecified atom stereocenters. The summed E-state index contributed by atoms with van der Waals surface area (Å²) in [5.74, 6) is 0. The zero-order valence-electron chi connectivity index (χ0n) is 52.5. The van der Waals surface area contributed by atoms with Crippen LogP contribution in [0, 0.1) is 45.3 Å². The maximum atomic E-state index is 12.0. The molecule has 12 heteroatoms. The molecule has 0 fully saturated rings. The quantitative estimate of drug-likeness (QED) is 0.164. The summed E-state index contributed by atoms with van der Waals surface area (Å²) in [7, 11) is 0. The van der Waals surface area contributed by atoms with Crippen LogP contribution < -0.4 is 0 Å². The molecule has 8 aromatic heterocycles. The number of aromatic nitrogens is 4. The maximum Gasteiger partial charge on any atom is 0.160 e. The summed E-state index contributed by atoms with van der Waals surface area (Å²) in [6.07, 6.45) is 0. The second-order valence-electron chi connectivity index (χ2n) is 25.8. The molecule has 22 aromatic rings. The van der Waals surface area contributed by atoms with Crippen LogP contribution in [-0.2, 0) is 0 Å².